The Morgan fingerprint density at radius 3 is 2.45 bits per heavy atom. The van der Waals surface area contributed by atoms with Crippen LogP contribution >= 0.6 is 0 Å². The van der Waals surface area contributed by atoms with Gasteiger partial charge < -0.3 is 29.5 Å². The summed E-state index contributed by atoms with van der Waals surface area (Å²) < 4.78 is 18.0. The maximum absolute atomic E-state index is 12.5. The third-order valence-corrected chi connectivity index (χ3v) is 7.42. The number of aliphatic hydroxyl groups is 1. The van der Waals surface area contributed by atoms with Crippen LogP contribution in [0.2, 0.25) is 0 Å². The zero-order valence-electron chi connectivity index (χ0n) is 23.9. The van der Waals surface area contributed by atoms with Crippen molar-refractivity contribution in [3.05, 3.63) is 83.7 Å². The van der Waals surface area contributed by atoms with E-state index in [2.05, 4.69) is 25.1 Å². The SMILES string of the molecule is CC(=O)OC(C)C(=O)Nc1cccc(C2OC(CN3CCN(c4ncccn4)CC3)CC(c3ccc(CO)cc3)O2)c1. The van der Waals surface area contributed by atoms with Crippen molar-refractivity contribution < 1.29 is 28.9 Å². The minimum absolute atomic E-state index is 0.0191. The molecule has 2 aliphatic heterocycles. The smallest absolute Gasteiger partial charge is 0.303 e. The third-order valence-electron chi connectivity index (χ3n) is 7.42. The van der Waals surface area contributed by atoms with Gasteiger partial charge in [0, 0.05) is 69.7 Å². The van der Waals surface area contributed by atoms with Gasteiger partial charge in [-0.1, -0.05) is 36.4 Å². The highest BCUT2D eigenvalue weighted by atomic mass is 16.7. The molecule has 2 fully saturated rings. The van der Waals surface area contributed by atoms with Gasteiger partial charge in [0.2, 0.25) is 5.95 Å². The number of ether oxygens (including phenoxy) is 3. The van der Waals surface area contributed by atoms with Gasteiger partial charge >= 0.3 is 5.97 Å². The largest absolute Gasteiger partial charge is 0.453 e. The van der Waals surface area contributed by atoms with Gasteiger partial charge in [-0.15, -0.1) is 0 Å². The van der Waals surface area contributed by atoms with Crippen LogP contribution < -0.4 is 10.2 Å². The van der Waals surface area contributed by atoms with Gasteiger partial charge in [0.1, 0.15) is 0 Å². The molecule has 3 heterocycles. The molecule has 4 atom stereocenters. The van der Waals surface area contributed by atoms with E-state index in [1.807, 2.05) is 48.5 Å². The molecule has 0 spiro atoms. The van der Waals surface area contributed by atoms with E-state index >= 15 is 0 Å². The van der Waals surface area contributed by atoms with Gasteiger partial charge in [-0.25, -0.2) is 9.97 Å². The molecule has 3 aromatic rings. The van der Waals surface area contributed by atoms with Gasteiger partial charge in [-0.3, -0.25) is 14.5 Å². The van der Waals surface area contributed by atoms with Crippen LogP contribution in [0.15, 0.2) is 67.0 Å². The first-order valence-electron chi connectivity index (χ1n) is 14.2. The Morgan fingerprint density at radius 2 is 1.76 bits per heavy atom. The lowest BCUT2D eigenvalue weighted by atomic mass is 9.99. The quantitative estimate of drug-likeness (QED) is 0.367. The fourth-order valence-corrected chi connectivity index (χ4v) is 5.22. The number of aliphatic hydroxyl groups excluding tert-OH is 1. The molecule has 4 unspecified atom stereocenters. The summed E-state index contributed by atoms with van der Waals surface area (Å²) in [5.74, 6) is -0.193. The molecule has 0 radical (unpaired) electrons. The second-order valence-electron chi connectivity index (χ2n) is 10.6. The summed E-state index contributed by atoms with van der Waals surface area (Å²) in [5, 5.41) is 12.3. The average molecular weight is 576 g/mol. The van der Waals surface area contributed by atoms with Crippen LogP contribution in [0.1, 0.15) is 49.4 Å². The molecule has 11 nitrogen and oxygen atoms in total. The maximum Gasteiger partial charge on any atom is 0.303 e. The number of anilines is 2. The number of amides is 1. The number of nitrogens with zero attached hydrogens (tertiary/aromatic N) is 4. The molecule has 1 amide bonds. The van der Waals surface area contributed by atoms with E-state index in [1.165, 1.54) is 13.8 Å². The number of carbonyl (C=O) groups is 2. The first-order valence-corrected chi connectivity index (χ1v) is 14.2. The zero-order chi connectivity index (χ0) is 29.5. The average Bonchev–Trinajstić information content (AvgIpc) is 3.01. The molecule has 1 aromatic heterocycles. The first kappa shape index (κ1) is 29.6. The lowest BCUT2D eigenvalue weighted by Crippen LogP contribution is -2.50. The zero-order valence-corrected chi connectivity index (χ0v) is 23.9. The lowest BCUT2D eigenvalue weighted by molar-refractivity contribution is -0.253. The summed E-state index contributed by atoms with van der Waals surface area (Å²) in [6.07, 6.45) is 2.30. The van der Waals surface area contributed by atoms with Crippen molar-refractivity contribution in [3.63, 3.8) is 0 Å². The first-order chi connectivity index (χ1) is 20.4. The molecule has 2 saturated heterocycles. The van der Waals surface area contributed by atoms with Crippen molar-refractivity contribution in [1.82, 2.24) is 14.9 Å². The van der Waals surface area contributed by atoms with Gasteiger partial charge in [0.25, 0.3) is 5.91 Å². The highest BCUT2D eigenvalue weighted by Crippen LogP contribution is 2.38. The van der Waals surface area contributed by atoms with Crippen molar-refractivity contribution in [2.24, 2.45) is 0 Å². The van der Waals surface area contributed by atoms with Crippen molar-refractivity contribution in [2.75, 3.05) is 42.9 Å². The molecule has 0 saturated carbocycles. The summed E-state index contributed by atoms with van der Waals surface area (Å²) in [4.78, 5) is 37.1. The predicted octanol–water partition coefficient (Wildman–Crippen LogP) is 3.23. The van der Waals surface area contributed by atoms with Gasteiger partial charge in [-0.05, 0) is 36.2 Å². The molecule has 2 aromatic carbocycles. The summed E-state index contributed by atoms with van der Waals surface area (Å²) in [5.41, 5.74) is 3.16. The van der Waals surface area contributed by atoms with E-state index in [1.54, 1.807) is 18.5 Å². The molecule has 0 bridgehead atoms. The highest BCUT2D eigenvalue weighted by molar-refractivity contribution is 5.95. The van der Waals surface area contributed by atoms with E-state index in [4.69, 9.17) is 14.2 Å². The Kier molecular flexibility index (Phi) is 9.75. The number of esters is 1. The molecule has 2 N–H and O–H groups in total. The van der Waals surface area contributed by atoms with E-state index in [-0.39, 0.29) is 18.8 Å². The van der Waals surface area contributed by atoms with Crippen molar-refractivity contribution in [3.8, 4) is 0 Å². The van der Waals surface area contributed by atoms with E-state index in [0.717, 1.165) is 55.4 Å². The molecular formula is C31H37N5O6. The fraction of sp³-hybridized carbons (Fsp3) is 0.419. The van der Waals surface area contributed by atoms with E-state index in [0.29, 0.717) is 12.1 Å². The monoisotopic (exact) mass is 575 g/mol. The molecule has 0 aliphatic carbocycles. The van der Waals surface area contributed by atoms with Crippen LogP contribution in [0, 0.1) is 0 Å². The standard InChI is InChI=1S/C31H37N5O6/c1-21(40-22(2)38)29(39)34-26-6-3-5-25(17-26)30-41-27(18-28(42-30)24-9-7-23(20-37)8-10-24)19-35-13-15-36(16-14-35)31-32-11-4-12-33-31/h3-12,17,21,27-28,30,37H,13-16,18-20H2,1-2H3,(H,34,39). The maximum atomic E-state index is 12.5. The normalized spacial score (nSPS) is 21.9. The van der Waals surface area contributed by atoms with Crippen LogP contribution in [0.4, 0.5) is 11.6 Å². The van der Waals surface area contributed by atoms with Crippen LogP contribution in [-0.2, 0) is 30.4 Å². The number of hydrogen-bond donors (Lipinski definition) is 2. The number of rotatable bonds is 9. The summed E-state index contributed by atoms with van der Waals surface area (Å²) in [6, 6.07) is 16.9. The van der Waals surface area contributed by atoms with Crippen molar-refractivity contribution >= 4 is 23.5 Å². The van der Waals surface area contributed by atoms with Gasteiger partial charge in [-0.2, -0.15) is 0 Å². The summed E-state index contributed by atoms with van der Waals surface area (Å²) in [6.45, 7) is 6.90. The number of carbonyl (C=O) groups excluding carboxylic acids is 2. The number of hydrogen-bond acceptors (Lipinski definition) is 10. The minimum atomic E-state index is -0.919. The number of nitrogens with one attached hydrogen (secondary N) is 1. The number of benzene rings is 2. The van der Waals surface area contributed by atoms with Crippen molar-refractivity contribution in [2.45, 2.75) is 51.5 Å². The number of aromatic nitrogens is 2. The molecule has 11 heteroatoms. The lowest BCUT2D eigenvalue weighted by Gasteiger charge is -2.40. The minimum Gasteiger partial charge on any atom is -0.453 e. The summed E-state index contributed by atoms with van der Waals surface area (Å²) >= 11 is 0. The Hall–Kier alpha value is -3.90. The van der Waals surface area contributed by atoms with Crippen LogP contribution in [0.3, 0.4) is 0 Å². The number of piperazine rings is 1. The molecule has 5 rings (SSSR count). The predicted molar refractivity (Wildman–Crippen MR) is 155 cm³/mol. The Balaban J connectivity index is 1.29. The van der Waals surface area contributed by atoms with E-state index in [9.17, 15) is 14.7 Å². The van der Waals surface area contributed by atoms with Crippen molar-refractivity contribution in [1.29, 1.82) is 0 Å². The molecule has 2 aliphatic rings. The second kappa shape index (κ2) is 13.8. The highest BCUT2D eigenvalue weighted by Gasteiger charge is 2.34. The van der Waals surface area contributed by atoms with E-state index < -0.39 is 24.3 Å². The second-order valence-corrected chi connectivity index (χ2v) is 10.6. The van der Waals surface area contributed by atoms with Crippen LogP contribution in [-0.4, -0.2) is 76.8 Å². The van der Waals surface area contributed by atoms with Gasteiger partial charge in [0.05, 0.1) is 18.8 Å². The Bertz CT molecular complexity index is 1330. The third kappa shape index (κ3) is 7.68. The Labute approximate surface area is 245 Å². The molecule has 222 valence electrons. The topological polar surface area (TPSA) is 126 Å². The molecular weight excluding hydrogens is 538 g/mol. The molecule has 42 heavy (non-hydrogen) atoms. The van der Waals surface area contributed by atoms with Gasteiger partial charge in [0.15, 0.2) is 12.4 Å². The fourth-order valence-electron chi connectivity index (χ4n) is 5.22. The van der Waals surface area contributed by atoms with Crippen LogP contribution in [0.25, 0.3) is 0 Å². The Morgan fingerprint density at radius 1 is 1.02 bits per heavy atom. The summed E-state index contributed by atoms with van der Waals surface area (Å²) in [7, 11) is 0. The van der Waals surface area contributed by atoms with Crippen LogP contribution in [0.5, 0.6) is 0 Å².